The van der Waals surface area contributed by atoms with Crippen LogP contribution in [0.5, 0.6) is 0 Å². The van der Waals surface area contributed by atoms with E-state index in [0.717, 1.165) is 4.88 Å². The van der Waals surface area contributed by atoms with Gasteiger partial charge in [-0.2, -0.15) is 0 Å². The number of carbonyl (C=O) groups is 2. The van der Waals surface area contributed by atoms with Gasteiger partial charge < -0.3 is 10.4 Å². The minimum atomic E-state index is -0.936. The lowest BCUT2D eigenvalue weighted by Gasteiger charge is -2.01. The number of amides is 1. The summed E-state index contributed by atoms with van der Waals surface area (Å²) in [6.45, 7) is 3.91. The number of allylic oxidation sites excluding steroid dienone is 1. The van der Waals surface area contributed by atoms with E-state index < -0.39 is 5.97 Å². The van der Waals surface area contributed by atoms with E-state index in [1.807, 2.05) is 0 Å². The Morgan fingerprint density at radius 2 is 2.25 bits per heavy atom. The van der Waals surface area contributed by atoms with Gasteiger partial charge in [-0.1, -0.05) is 6.08 Å². The molecule has 5 heteroatoms. The second-order valence-corrected chi connectivity index (χ2v) is 4.34. The standard InChI is InChI=1S/C11H13NO3S/c1-2-3-4-10(13)12-7-8-5-6-9(16-8)11(14)15/h2,5-6H,1,3-4,7H2,(H,12,13)(H,14,15). The van der Waals surface area contributed by atoms with Crippen LogP contribution in [0, 0.1) is 0 Å². The number of carboxylic acids is 1. The van der Waals surface area contributed by atoms with Gasteiger partial charge >= 0.3 is 5.97 Å². The lowest BCUT2D eigenvalue weighted by atomic mass is 10.3. The average molecular weight is 239 g/mol. The third-order valence-electron chi connectivity index (χ3n) is 1.91. The van der Waals surface area contributed by atoms with Gasteiger partial charge in [0.1, 0.15) is 4.88 Å². The van der Waals surface area contributed by atoms with Crippen molar-refractivity contribution in [2.24, 2.45) is 0 Å². The van der Waals surface area contributed by atoms with Crippen molar-refractivity contribution < 1.29 is 14.7 Å². The number of hydrogen-bond acceptors (Lipinski definition) is 3. The number of rotatable bonds is 6. The Hall–Kier alpha value is -1.62. The first-order chi connectivity index (χ1) is 7.63. The minimum absolute atomic E-state index is 0.0508. The first-order valence-corrected chi connectivity index (χ1v) is 5.64. The number of thiophene rings is 1. The molecule has 2 N–H and O–H groups in total. The summed E-state index contributed by atoms with van der Waals surface area (Å²) in [5.41, 5.74) is 0. The zero-order chi connectivity index (χ0) is 12.0. The van der Waals surface area contributed by atoms with Crippen LogP contribution in [0.2, 0.25) is 0 Å². The van der Waals surface area contributed by atoms with Crippen LogP contribution in [0.3, 0.4) is 0 Å². The van der Waals surface area contributed by atoms with Crippen molar-refractivity contribution in [3.63, 3.8) is 0 Å². The summed E-state index contributed by atoms with van der Waals surface area (Å²) in [5, 5.41) is 11.4. The van der Waals surface area contributed by atoms with Crippen molar-refractivity contribution in [2.45, 2.75) is 19.4 Å². The summed E-state index contributed by atoms with van der Waals surface area (Å²) < 4.78 is 0. The van der Waals surface area contributed by atoms with Crippen LogP contribution in [0.4, 0.5) is 0 Å². The summed E-state index contributed by atoms with van der Waals surface area (Å²) in [7, 11) is 0. The van der Waals surface area contributed by atoms with E-state index in [9.17, 15) is 9.59 Å². The average Bonchev–Trinajstić information content (AvgIpc) is 2.72. The molecule has 0 fully saturated rings. The molecule has 1 aromatic rings. The Morgan fingerprint density at radius 3 is 2.81 bits per heavy atom. The third kappa shape index (κ3) is 3.86. The number of carboxylic acid groups (broad SMARTS) is 1. The molecule has 1 heterocycles. The van der Waals surface area contributed by atoms with E-state index in [-0.39, 0.29) is 10.8 Å². The monoisotopic (exact) mass is 239 g/mol. The van der Waals surface area contributed by atoms with Gasteiger partial charge in [0.15, 0.2) is 0 Å². The smallest absolute Gasteiger partial charge is 0.345 e. The lowest BCUT2D eigenvalue weighted by Crippen LogP contribution is -2.21. The fourth-order valence-electron chi connectivity index (χ4n) is 1.10. The molecule has 1 amide bonds. The number of nitrogens with one attached hydrogen (secondary N) is 1. The van der Waals surface area contributed by atoms with Crippen LogP contribution in [0.25, 0.3) is 0 Å². The van der Waals surface area contributed by atoms with E-state index in [2.05, 4.69) is 11.9 Å². The zero-order valence-electron chi connectivity index (χ0n) is 8.73. The maximum Gasteiger partial charge on any atom is 0.345 e. The number of carbonyl (C=O) groups excluding carboxylic acids is 1. The number of aromatic carboxylic acids is 1. The lowest BCUT2D eigenvalue weighted by molar-refractivity contribution is -0.121. The van der Waals surface area contributed by atoms with Crippen molar-refractivity contribution in [2.75, 3.05) is 0 Å². The maximum absolute atomic E-state index is 11.2. The van der Waals surface area contributed by atoms with Gasteiger partial charge in [0.25, 0.3) is 0 Å². The molecule has 4 nitrogen and oxygen atoms in total. The second kappa shape index (κ2) is 6.07. The minimum Gasteiger partial charge on any atom is -0.477 e. The molecule has 16 heavy (non-hydrogen) atoms. The maximum atomic E-state index is 11.2. The summed E-state index contributed by atoms with van der Waals surface area (Å²) in [4.78, 5) is 23.0. The highest BCUT2D eigenvalue weighted by Gasteiger charge is 2.07. The fourth-order valence-corrected chi connectivity index (χ4v) is 1.88. The van der Waals surface area contributed by atoms with E-state index in [4.69, 9.17) is 5.11 Å². The van der Waals surface area contributed by atoms with Crippen molar-refractivity contribution in [1.82, 2.24) is 5.32 Å². The van der Waals surface area contributed by atoms with Crippen molar-refractivity contribution >= 4 is 23.2 Å². The van der Waals surface area contributed by atoms with E-state index in [0.29, 0.717) is 19.4 Å². The van der Waals surface area contributed by atoms with Gasteiger partial charge in [0, 0.05) is 11.3 Å². The quantitative estimate of drug-likeness (QED) is 0.746. The summed E-state index contributed by atoms with van der Waals surface area (Å²) >= 11 is 1.17. The molecule has 1 aromatic heterocycles. The molecule has 0 atom stereocenters. The van der Waals surface area contributed by atoms with Gasteiger partial charge in [0.2, 0.25) is 5.91 Å². The van der Waals surface area contributed by atoms with Crippen molar-refractivity contribution in [3.8, 4) is 0 Å². The predicted octanol–water partition coefficient (Wildman–Crippen LogP) is 2.03. The molecule has 0 unspecified atom stereocenters. The molecule has 1 rings (SSSR count). The Bertz CT molecular complexity index is 398. The molecule has 0 aliphatic rings. The van der Waals surface area contributed by atoms with Crippen LogP contribution in [0.1, 0.15) is 27.4 Å². The second-order valence-electron chi connectivity index (χ2n) is 3.18. The molecule has 0 aliphatic carbocycles. The summed E-state index contributed by atoms with van der Waals surface area (Å²) in [6.07, 6.45) is 2.75. The molecule has 0 radical (unpaired) electrons. The highest BCUT2D eigenvalue weighted by Crippen LogP contribution is 2.15. The molecule has 0 aliphatic heterocycles. The highest BCUT2D eigenvalue weighted by molar-refractivity contribution is 7.13. The molecule has 0 saturated heterocycles. The first kappa shape index (κ1) is 12.4. The summed E-state index contributed by atoms with van der Waals surface area (Å²) in [6, 6.07) is 3.25. The molecular formula is C11H13NO3S. The Labute approximate surface area is 97.6 Å². The van der Waals surface area contributed by atoms with Gasteiger partial charge in [-0.25, -0.2) is 4.79 Å². The molecule has 0 bridgehead atoms. The van der Waals surface area contributed by atoms with E-state index in [1.54, 1.807) is 12.1 Å². The van der Waals surface area contributed by atoms with Crippen LogP contribution in [-0.2, 0) is 11.3 Å². The van der Waals surface area contributed by atoms with Gasteiger partial charge in [-0.3, -0.25) is 4.79 Å². The Kier molecular flexibility index (Phi) is 4.72. The first-order valence-electron chi connectivity index (χ1n) is 4.83. The largest absolute Gasteiger partial charge is 0.477 e. The highest BCUT2D eigenvalue weighted by atomic mass is 32.1. The normalized spacial score (nSPS) is 9.75. The molecule has 0 aromatic carbocycles. The van der Waals surface area contributed by atoms with Crippen LogP contribution < -0.4 is 5.32 Å². The van der Waals surface area contributed by atoms with Gasteiger partial charge in [0.05, 0.1) is 6.54 Å². The van der Waals surface area contributed by atoms with Gasteiger partial charge in [-0.05, 0) is 18.6 Å². The molecular weight excluding hydrogens is 226 g/mol. The third-order valence-corrected chi connectivity index (χ3v) is 2.98. The van der Waals surface area contributed by atoms with Gasteiger partial charge in [-0.15, -0.1) is 17.9 Å². The predicted molar refractivity (Wildman–Crippen MR) is 62.6 cm³/mol. The number of hydrogen-bond donors (Lipinski definition) is 2. The van der Waals surface area contributed by atoms with Crippen molar-refractivity contribution in [3.05, 3.63) is 34.5 Å². The van der Waals surface area contributed by atoms with Crippen LogP contribution >= 0.6 is 11.3 Å². The zero-order valence-corrected chi connectivity index (χ0v) is 9.55. The molecule has 86 valence electrons. The van der Waals surface area contributed by atoms with E-state index >= 15 is 0 Å². The van der Waals surface area contributed by atoms with E-state index in [1.165, 1.54) is 17.4 Å². The molecule has 0 spiro atoms. The van der Waals surface area contributed by atoms with Crippen LogP contribution in [-0.4, -0.2) is 17.0 Å². The summed E-state index contributed by atoms with van der Waals surface area (Å²) in [5.74, 6) is -0.987. The Balaban J connectivity index is 2.39. The van der Waals surface area contributed by atoms with Crippen molar-refractivity contribution in [1.29, 1.82) is 0 Å². The topological polar surface area (TPSA) is 66.4 Å². The SMILES string of the molecule is C=CCCC(=O)NCc1ccc(C(=O)O)s1. The molecule has 0 saturated carbocycles. The fraction of sp³-hybridized carbons (Fsp3) is 0.273. The van der Waals surface area contributed by atoms with Crippen LogP contribution in [0.15, 0.2) is 24.8 Å². The Morgan fingerprint density at radius 1 is 1.50 bits per heavy atom.